The smallest absolute Gasteiger partial charge is 0.258 e. The van der Waals surface area contributed by atoms with Crippen LogP contribution in [0.4, 0.5) is 0 Å². The van der Waals surface area contributed by atoms with Crippen molar-refractivity contribution >= 4 is 28.2 Å². The number of thiophene rings is 1. The molecule has 6 heteroatoms. The number of carbonyl (C=O) groups excluding carboxylic acids is 1. The van der Waals surface area contributed by atoms with Crippen LogP contribution in [0.15, 0.2) is 40.1 Å². The minimum Gasteiger partial charge on any atom is -0.484 e. The Morgan fingerprint density at radius 2 is 2.14 bits per heavy atom. The van der Waals surface area contributed by atoms with Gasteiger partial charge in [0.1, 0.15) is 17.1 Å². The van der Waals surface area contributed by atoms with E-state index < -0.39 is 0 Å². The fourth-order valence-corrected chi connectivity index (χ4v) is 4.68. The maximum absolute atomic E-state index is 12.3. The second-order valence-corrected chi connectivity index (χ2v) is 8.44. The molecule has 0 radical (unpaired) electrons. The van der Waals surface area contributed by atoms with E-state index >= 15 is 0 Å². The molecule has 1 atom stereocenters. The summed E-state index contributed by atoms with van der Waals surface area (Å²) in [7, 11) is 4.04. The molecule has 0 spiro atoms. The summed E-state index contributed by atoms with van der Waals surface area (Å²) in [6, 6.07) is 10.1. The summed E-state index contributed by atoms with van der Waals surface area (Å²) < 4.78 is 11.7. The number of fused-ring (bicyclic) bond motifs is 3. The third-order valence-corrected chi connectivity index (χ3v) is 6.26. The van der Waals surface area contributed by atoms with E-state index in [1.165, 1.54) is 23.3 Å². The van der Waals surface area contributed by atoms with Crippen LogP contribution in [0.1, 0.15) is 35.1 Å². The molecular weight excluding hydrogens is 372 g/mol. The number of rotatable bonds is 7. The molecule has 1 aromatic carbocycles. The average molecular weight is 399 g/mol. The second-order valence-electron chi connectivity index (χ2n) is 7.46. The minimum absolute atomic E-state index is 0.0101. The number of benzene rings is 1. The number of nitrogens with zero attached hydrogens (tertiary/aromatic N) is 1. The standard InChI is InChI=1S/C22H26N2O3S/c1-24(2)18(21-8-5-11-28-21)13-23-22(25)14-26-15-9-10-20-17(12-15)16-6-3-4-7-19(16)27-20/h5,8-12,18H,3-4,6-7,13-14H2,1-2H3,(H,23,25)/t18-/m1/s1. The van der Waals surface area contributed by atoms with Gasteiger partial charge in [0, 0.05) is 28.8 Å². The van der Waals surface area contributed by atoms with Crippen LogP contribution >= 0.6 is 11.3 Å². The molecule has 1 amide bonds. The van der Waals surface area contributed by atoms with Gasteiger partial charge in [-0.1, -0.05) is 6.07 Å². The van der Waals surface area contributed by atoms with E-state index in [1.54, 1.807) is 11.3 Å². The Hall–Kier alpha value is -2.31. The highest BCUT2D eigenvalue weighted by Crippen LogP contribution is 2.33. The molecule has 0 unspecified atom stereocenters. The highest BCUT2D eigenvalue weighted by atomic mass is 32.1. The predicted octanol–water partition coefficient (Wildman–Crippen LogP) is 4.17. The molecule has 1 aliphatic carbocycles. The SMILES string of the molecule is CN(C)[C@H](CNC(=O)COc1ccc2oc3c(c2c1)CCCC3)c1cccs1. The first-order valence-corrected chi connectivity index (χ1v) is 10.6. The zero-order valence-corrected chi connectivity index (χ0v) is 17.2. The van der Waals surface area contributed by atoms with E-state index in [-0.39, 0.29) is 18.6 Å². The van der Waals surface area contributed by atoms with Crippen molar-refractivity contribution in [2.45, 2.75) is 31.7 Å². The number of likely N-dealkylation sites (N-methyl/N-ethyl adjacent to an activating group) is 1. The molecule has 0 fully saturated rings. The Labute approximate surface area is 169 Å². The van der Waals surface area contributed by atoms with Gasteiger partial charge in [0.25, 0.3) is 5.91 Å². The molecule has 0 aliphatic heterocycles. The topological polar surface area (TPSA) is 54.7 Å². The molecule has 2 heterocycles. The summed E-state index contributed by atoms with van der Waals surface area (Å²) in [4.78, 5) is 15.6. The second kappa shape index (κ2) is 8.37. The van der Waals surface area contributed by atoms with E-state index in [9.17, 15) is 4.79 Å². The summed E-state index contributed by atoms with van der Waals surface area (Å²) in [5, 5.41) is 6.17. The third kappa shape index (κ3) is 4.08. The van der Waals surface area contributed by atoms with Crippen molar-refractivity contribution in [1.82, 2.24) is 10.2 Å². The lowest BCUT2D eigenvalue weighted by molar-refractivity contribution is -0.123. The van der Waals surface area contributed by atoms with Gasteiger partial charge in [-0.2, -0.15) is 0 Å². The molecule has 2 aromatic heterocycles. The van der Waals surface area contributed by atoms with E-state index in [2.05, 4.69) is 21.7 Å². The van der Waals surface area contributed by atoms with Crippen molar-refractivity contribution in [3.05, 3.63) is 51.9 Å². The number of ether oxygens (including phenoxy) is 1. The molecule has 28 heavy (non-hydrogen) atoms. The monoisotopic (exact) mass is 398 g/mol. The zero-order valence-electron chi connectivity index (χ0n) is 16.4. The van der Waals surface area contributed by atoms with Crippen LogP contribution in [0.3, 0.4) is 0 Å². The van der Waals surface area contributed by atoms with Gasteiger partial charge in [0.15, 0.2) is 6.61 Å². The normalized spacial score (nSPS) is 14.8. The van der Waals surface area contributed by atoms with Crippen LogP contribution in [-0.4, -0.2) is 38.1 Å². The van der Waals surface area contributed by atoms with Gasteiger partial charge >= 0.3 is 0 Å². The first-order chi connectivity index (χ1) is 13.6. The number of amides is 1. The van der Waals surface area contributed by atoms with Gasteiger partial charge in [0.05, 0.1) is 6.04 Å². The number of hydrogen-bond acceptors (Lipinski definition) is 5. The number of hydrogen-bond donors (Lipinski definition) is 1. The molecule has 5 nitrogen and oxygen atoms in total. The van der Waals surface area contributed by atoms with Crippen LogP contribution in [0.5, 0.6) is 5.75 Å². The first-order valence-electron chi connectivity index (χ1n) is 9.75. The van der Waals surface area contributed by atoms with Crippen LogP contribution < -0.4 is 10.1 Å². The number of nitrogens with one attached hydrogen (secondary N) is 1. The zero-order chi connectivity index (χ0) is 19.5. The van der Waals surface area contributed by atoms with Gasteiger partial charge in [-0.3, -0.25) is 4.79 Å². The lowest BCUT2D eigenvalue weighted by atomic mass is 9.96. The van der Waals surface area contributed by atoms with Gasteiger partial charge in [0.2, 0.25) is 0 Å². The summed E-state index contributed by atoms with van der Waals surface area (Å²) in [6.07, 6.45) is 4.46. The molecule has 0 bridgehead atoms. The number of carbonyl (C=O) groups is 1. The van der Waals surface area contributed by atoms with Crippen LogP contribution in [0.25, 0.3) is 11.0 Å². The maximum atomic E-state index is 12.3. The van der Waals surface area contributed by atoms with Crippen LogP contribution in [-0.2, 0) is 17.6 Å². The summed E-state index contributed by atoms with van der Waals surface area (Å²) in [6.45, 7) is 0.570. The summed E-state index contributed by atoms with van der Waals surface area (Å²) in [5.41, 5.74) is 2.22. The molecule has 0 saturated carbocycles. The first kappa shape index (κ1) is 19.0. The molecule has 1 N–H and O–H groups in total. The molecule has 3 aromatic rings. The molecule has 0 saturated heterocycles. The third-order valence-electron chi connectivity index (χ3n) is 5.28. The van der Waals surface area contributed by atoms with E-state index in [0.717, 1.165) is 29.6 Å². The fourth-order valence-electron chi connectivity index (χ4n) is 3.76. The molecular formula is C22H26N2O3S. The average Bonchev–Trinajstić information content (AvgIpc) is 3.34. The van der Waals surface area contributed by atoms with Crippen LogP contribution in [0.2, 0.25) is 0 Å². The van der Waals surface area contributed by atoms with Gasteiger partial charge in [-0.25, -0.2) is 0 Å². The quantitative estimate of drug-likeness (QED) is 0.649. The Morgan fingerprint density at radius 3 is 2.93 bits per heavy atom. The molecule has 148 valence electrons. The Kier molecular flexibility index (Phi) is 5.69. The van der Waals surface area contributed by atoms with E-state index in [4.69, 9.17) is 9.15 Å². The van der Waals surface area contributed by atoms with Gasteiger partial charge in [-0.05, 0) is 63.0 Å². The maximum Gasteiger partial charge on any atom is 0.258 e. The molecule has 4 rings (SSSR count). The largest absolute Gasteiger partial charge is 0.484 e. The lowest BCUT2D eigenvalue weighted by Gasteiger charge is -2.23. The van der Waals surface area contributed by atoms with Crippen molar-refractivity contribution in [3.8, 4) is 5.75 Å². The predicted molar refractivity (Wildman–Crippen MR) is 112 cm³/mol. The number of aryl methyl sites for hydroxylation is 2. The van der Waals surface area contributed by atoms with Crippen molar-refractivity contribution in [1.29, 1.82) is 0 Å². The fraction of sp³-hybridized carbons (Fsp3) is 0.409. The van der Waals surface area contributed by atoms with Gasteiger partial charge in [-0.15, -0.1) is 11.3 Å². The van der Waals surface area contributed by atoms with Crippen molar-refractivity contribution in [3.63, 3.8) is 0 Å². The Balaban J connectivity index is 1.35. The summed E-state index contributed by atoms with van der Waals surface area (Å²) in [5.74, 6) is 1.71. The Bertz CT molecular complexity index is 946. The highest BCUT2D eigenvalue weighted by molar-refractivity contribution is 7.10. The number of furan rings is 1. The van der Waals surface area contributed by atoms with Crippen molar-refractivity contribution < 1.29 is 13.9 Å². The molecule has 1 aliphatic rings. The van der Waals surface area contributed by atoms with E-state index in [0.29, 0.717) is 12.3 Å². The summed E-state index contributed by atoms with van der Waals surface area (Å²) >= 11 is 1.70. The Morgan fingerprint density at radius 1 is 1.29 bits per heavy atom. The lowest BCUT2D eigenvalue weighted by Crippen LogP contribution is -2.36. The van der Waals surface area contributed by atoms with Crippen LogP contribution in [0, 0.1) is 0 Å². The van der Waals surface area contributed by atoms with Crippen molar-refractivity contribution in [2.24, 2.45) is 0 Å². The highest BCUT2D eigenvalue weighted by Gasteiger charge is 2.19. The minimum atomic E-state index is -0.113. The van der Waals surface area contributed by atoms with Crippen molar-refractivity contribution in [2.75, 3.05) is 27.2 Å². The van der Waals surface area contributed by atoms with Gasteiger partial charge < -0.3 is 19.4 Å². The van der Waals surface area contributed by atoms with E-state index in [1.807, 2.05) is 38.4 Å².